The van der Waals surface area contributed by atoms with E-state index in [2.05, 4.69) is 5.32 Å². The van der Waals surface area contributed by atoms with E-state index in [-0.39, 0.29) is 16.3 Å². The van der Waals surface area contributed by atoms with Crippen LogP contribution in [-0.2, 0) is 0 Å². The predicted octanol–water partition coefficient (Wildman–Crippen LogP) is 2.50. The van der Waals surface area contributed by atoms with Crippen molar-refractivity contribution in [2.24, 2.45) is 0 Å². The maximum atomic E-state index is 11.1. The zero-order valence-electron chi connectivity index (χ0n) is 16.5. The lowest BCUT2D eigenvalue weighted by atomic mass is 10.1. The van der Waals surface area contributed by atoms with Crippen LogP contribution in [0.1, 0.15) is 16.7 Å². The molecule has 0 aromatic heterocycles. The highest BCUT2D eigenvalue weighted by Crippen LogP contribution is 2.14. The minimum Gasteiger partial charge on any atom is -0.399 e. The highest BCUT2D eigenvalue weighted by Gasteiger charge is 2.16. The summed E-state index contributed by atoms with van der Waals surface area (Å²) in [6, 6.07) is 18.8. The summed E-state index contributed by atoms with van der Waals surface area (Å²) in [7, 11) is 0. The number of hydrogen-bond acceptors (Lipinski definition) is 6. The van der Waals surface area contributed by atoms with Gasteiger partial charge in [-0.1, -0.05) is 36.4 Å². The fourth-order valence-corrected chi connectivity index (χ4v) is 2.39. The Bertz CT molecular complexity index is 1200. The van der Waals surface area contributed by atoms with Crippen molar-refractivity contribution in [3.8, 4) is 0 Å². The Labute approximate surface area is 167 Å². The lowest BCUT2D eigenvalue weighted by Gasteiger charge is -2.09. The number of hydrogen-bond donors (Lipinski definition) is 2. The molecular weight excluding hydrogens is 368 g/mol. The third-order valence-electron chi connectivity index (χ3n) is 4.44. The second-order valence-corrected chi connectivity index (χ2v) is 6.47. The zero-order chi connectivity index (χ0) is 21.6. The van der Waals surface area contributed by atoms with E-state index < -0.39 is 5.43 Å². The highest BCUT2D eigenvalue weighted by molar-refractivity contribution is 5.65. The van der Waals surface area contributed by atoms with E-state index >= 15 is 0 Å². The molecule has 0 fully saturated rings. The first kappa shape index (κ1) is 21.5. The summed E-state index contributed by atoms with van der Waals surface area (Å²) in [6.07, 6.45) is 0. The first-order chi connectivity index (χ1) is 13.7. The molecule has 0 radical (unpaired) electrons. The van der Waals surface area contributed by atoms with Gasteiger partial charge in [-0.3, -0.25) is 19.2 Å². The van der Waals surface area contributed by atoms with Gasteiger partial charge in [0.05, 0.1) is 5.69 Å². The monoisotopic (exact) mass is 390 g/mol. The van der Waals surface area contributed by atoms with Gasteiger partial charge in [-0.05, 0) is 45.0 Å². The number of anilines is 3. The van der Waals surface area contributed by atoms with E-state index in [1.165, 1.54) is 0 Å². The normalized spacial score (nSPS) is 9.90. The van der Waals surface area contributed by atoms with E-state index in [1.807, 2.05) is 60.7 Å². The number of para-hydroxylation sites is 2. The van der Waals surface area contributed by atoms with Crippen molar-refractivity contribution in [2.75, 3.05) is 11.1 Å². The Balaban J connectivity index is 0.000000170. The van der Waals surface area contributed by atoms with E-state index in [0.717, 1.165) is 11.4 Å². The largest absolute Gasteiger partial charge is 0.399 e. The summed E-state index contributed by atoms with van der Waals surface area (Å²) in [5.74, 6) is 0. The minimum atomic E-state index is -0.425. The molecular formula is C23H22N2O4. The molecule has 0 saturated carbocycles. The van der Waals surface area contributed by atoms with Crippen LogP contribution in [-0.4, -0.2) is 0 Å². The van der Waals surface area contributed by atoms with Crippen molar-refractivity contribution in [3.05, 3.63) is 118 Å². The lowest BCUT2D eigenvalue weighted by molar-refractivity contribution is 1.17. The average molecular weight is 390 g/mol. The molecule has 29 heavy (non-hydrogen) atoms. The summed E-state index contributed by atoms with van der Waals surface area (Å²) in [5.41, 5.74) is 7.73. The third-order valence-corrected chi connectivity index (χ3v) is 4.44. The molecule has 0 amide bonds. The molecule has 0 spiro atoms. The van der Waals surface area contributed by atoms with Crippen LogP contribution < -0.4 is 32.8 Å². The van der Waals surface area contributed by atoms with Gasteiger partial charge < -0.3 is 11.1 Å². The van der Waals surface area contributed by atoms with Crippen LogP contribution in [0.4, 0.5) is 17.1 Å². The molecule has 0 unspecified atom stereocenters. The Morgan fingerprint density at radius 1 is 0.586 bits per heavy atom. The highest BCUT2D eigenvalue weighted by atomic mass is 16.2. The molecule has 0 saturated heterocycles. The van der Waals surface area contributed by atoms with Gasteiger partial charge in [-0.25, -0.2) is 0 Å². The van der Waals surface area contributed by atoms with Crippen LogP contribution >= 0.6 is 0 Å². The Morgan fingerprint density at radius 2 is 1.00 bits per heavy atom. The van der Waals surface area contributed by atoms with E-state index in [0.29, 0.717) is 22.4 Å². The number of rotatable bonds is 2. The number of nitrogens with two attached hydrogens (primary N) is 1. The third kappa shape index (κ3) is 5.13. The van der Waals surface area contributed by atoms with Gasteiger partial charge in [0.2, 0.25) is 21.7 Å². The number of nitrogen functional groups attached to an aromatic ring is 1. The minimum absolute atomic E-state index is 0.317. The Kier molecular flexibility index (Phi) is 6.98. The number of benzene rings is 2. The summed E-state index contributed by atoms with van der Waals surface area (Å²) in [6.45, 7) is 4.98. The molecule has 3 N–H and O–H groups in total. The Hall–Kier alpha value is -3.80. The van der Waals surface area contributed by atoms with Crippen LogP contribution in [0, 0.1) is 20.8 Å². The van der Waals surface area contributed by atoms with Crippen molar-refractivity contribution in [3.63, 3.8) is 0 Å². The van der Waals surface area contributed by atoms with Gasteiger partial charge in [0.25, 0.3) is 0 Å². The zero-order valence-corrected chi connectivity index (χ0v) is 16.5. The quantitative estimate of drug-likeness (QED) is 0.402. The van der Waals surface area contributed by atoms with Crippen molar-refractivity contribution >= 4 is 17.1 Å². The van der Waals surface area contributed by atoms with Crippen LogP contribution in [0.25, 0.3) is 0 Å². The molecule has 6 heteroatoms. The molecule has 0 heterocycles. The molecule has 148 valence electrons. The topological polar surface area (TPSA) is 106 Å². The van der Waals surface area contributed by atoms with Gasteiger partial charge >= 0.3 is 0 Å². The molecule has 0 aliphatic rings. The van der Waals surface area contributed by atoms with E-state index in [4.69, 9.17) is 5.73 Å². The SMILES string of the molecule is Cc1c(C)c(=O)c1=O.Cc1c(Nc2ccccc2)c(=O)c1=O.Nc1ccccc1. The first-order valence-corrected chi connectivity index (χ1v) is 8.93. The number of nitrogens with one attached hydrogen (secondary N) is 1. The van der Waals surface area contributed by atoms with E-state index in [9.17, 15) is 19.2 Å². The predicted molar refractivity (Wildman–Crippen MR) is 117 cm³/mol. The summed E-state index contributed by atoms with van der Waals surface area (Å²) in [5, 5.41) is 2.92. The summed E-state index contributed by atoms with van der Waals surface area (Å²) in [4.78, 5) is 42.7. The lowest BCUT2D eigenvalue weighted by Crippen LogP contribution is -2.36. The molecule has 0 atom stereocenters. The molecule has 4 rings (SSSR count). The van der Waals surface area contributed by atoms with Crippen molar-refractivity contribution in [1.82, 2.24) is 0 Å². The second kappa shape index (κ2) is 9.41. The van der Waals surface area contributed by atoms with Crippen LogP contribution in [0.3, 0.4) is 0 Å². The van der Waals surface area contributed by atoms with Crippen molar-refractivity contribution < 1.29 is 0 Å². The van der Waals surface area contributed by atoms with Gasteiger partial charge in [-0.2, -0.15) is 0 Å². The molecule has 4 aromatic carbocycles. The van der Waals surface area contributed by atoms with Gasteiger partial charge in [0.1, 0.15) is 0 Å². The second-order valence-electron chi connectivity index (χ2n) is 6.47. The Morgan fingerprint density at radius 3 is 1.34 bits per heavy atom. The maximum Gasteiger partial charge on any atom is 0.249 e. The first-order valence-electron chi connectivity index (χ1n) is 8.93. The molecule has 0 bridgehead atoms. The fourth-order valence-electron chi connectivity index (χ4n) is 2.39. The van der Waals surface area contributed by atoms with Gasteiger partial charge in [0, 0.05) is 28.1 Å². The van der Waals surface area contributed by atoms with Gasteiger partial charge in [-0.15, -0.1) is 0 Å². The van der Waals surface area contributed by atoms with Crippen molar-refractivity contribution in [1.29, 1.82) is 0 Å². The van der Waals surface area contributed by atoms with E-state index in [1.54, 1.807) is 20.8 Å². The van der Waals surface area contributed by atoms with Gasteiger partial charge in [0.15, 0.2) is 0 Å². The average Bonchev–Trinajstić information content (AvgIpc) is 2.77. The molecule has 6 nitrogen and oxygen atoms in total. The molecule has 0 aliphatic heterocycles. The maximum absolute atomic E-state index is 11.1. The molecule has 0 aliphatic carbocycles. The van der Waals surface area contributed by atoms with Crippen molar-refractivity contribution in [2.45, 2.75) is 20.8 Å². The fraction of sp³-hybridized carbons (Fsp3) is 0.130. The standard InChI is InChI=1S/C11H9NO2.C6H7N.C6H6O2/c1-7-9(11(14)10(7)13)12-8-5-3-2-4-6-8;7-6-4-2-1-3-5-6;1-3-4(2)6(8)5(3)7/h2-6,12H,1H3;1-5H,7H2;1-2H3. The smallest absolute Gasteiger partial charge is 0.249 e. The summed E-state index contributed by atoms with van der Waals surface area (Å²) >= 11 is 0. The van der Waals surface area contributed by atoms with Crippen LogP contribution in [0.2, 0.25) is 0 Å². The van der Waals surface area contributed by atoms with Crippen LogP contribution in [0.5, 0.6) is 0 Å². The van der Waals surface area contributed by atoms with Crippen LogP contribution in [0.15, 0.2) is 79.8 Å². The molecule has 4 aromatic rings. The summed E-state index contributed by atoms with van der Waals surface area (Å²) < 4.78 is 0.